The summed E-state index contributed by atoms with van der Waals surface area (Å²) in [7, 11) is 0. The zero-order valence-corrected chi connectivity index (χ0v) is 39.1. The molecule has 1 N–H and O–H groups in total. The maximum Gasteiger partial charge on any atom is 0.164 e. The van der Waals surface area contributed by atoms with Crippen LogP contribution in [0.15, 0.2) is 77.0 Å². The van der Waals surface area contributed by atoms with E-state index in [0.29, 0.717) is 5.92 Å². The number of aryl methyl sites for hydroxylation is 2. The third-order valence-corrected chi connectivity index (χ3v) is 13.4. The number of carbonyl (C=O) groups excluding carboxylic acids is 1. The molecule has 3 aromatic heterocycles. The Morgan fingerprint density at radius 3 is 2.12 bits per heavy atom. The number of pyridine rings is 1. The molecule has 301 valence electrons. The number of allylic oxidation sites excluding steroid dienone is 2. The molecule has 4 nitrogen and oxygen atoms in total. The average molecular weight is 949 g/mol. The van der Waals surface area contributed by atoms with E-state index in [1.165, 1.54) is 54.1 Å². The number of hydrogen-bond donors (Lipinski definition) is 1. The predicted molar refractivity (Wildman–Crippen MR) is 236 cm³/mol. The fourth-order valence-electron chi connectivity index (χ4n) is 7.36. The van der Waals surface area contributed by atoms with Crippen LogP contribution in [0.5, 0.6) is 0 Å². The average Bonchev–Trinajstić information content (AvgIpc) is 3.67. The van der Waals surface area contributed by atoms with Gasteiger partial charge in [0.1, 0.15) is 17.1 Å². The number of nitrogens with zero attached hydrogens (tertiary/aromatic N) is 1. The summed E-state index contributed by atoms with van der Waals surface area (Å²) in [5.74, 6) is 1.88. The van der Waals surface area contributed by atoms with E-state index in [2.05, 4.69) is 109 Å². The Morgan fingerprint density at radius 1 is 0.875 bits per heavy atom. The van der Waals surface area contributed by atoms with Gasteiger partial charge in [-0.05, 0) is 85.9 Å². The van der Waals surface area contributed by atoms with Crippen LogP contribution in [0.3, 0.4) is 0 Å². The van der Waals surface area contributed by atoms with Gasteiger partial charge in [0.15, 0.2) is 5.78 Å². The van der Waals surface area contributed by atoms with Gasteiger partial charge in [0.2, 0.25) is 0 Å². The number of fused-ring (bicyclic) bond motifs is 3. The summed E-state index contributed by atoms with van der Waals surface area (Å²) >= 11 is 1.80. The second-order valence-electron chi connectivity index (χ2n) is 17.4. The van der Waals surface area contributed by atoms with Gasteiger partial charge in [0, 0.05) is 64.6 Å². The number of aliphatic hydroxyl groups is 1. The number of furan rings is 1. The zero-order valence-electron chi connectivity index (χ0n) is 35.9. The van der Waals surface area contributed by atoms with Crippen LogP contribution in [0, 0.1) is 36.7 Å². The molecule has 3 heterocycles. The molecule has 0 aliphatic rings. The van der Waals surface area contributed by atoms with E-state index >= 15 is 0 Å². The number of carbonyl (C=O) groups is 1. The summed E-state index contributed by atoms with van der Waals surface area (Å²) in [4.78, 5) is 18.3. The molecular formula is C50H62IrNO3S-. The van der Waals surface area contributed by atoms with Crippen LogP contribution in [-0.2, 0) is 36.7 Å². The molecular weight excluding hydrogens is 887 g/mol. The minimum absolute atomic E-state index is 0. The summed E-state index contributed by atoms with van der Waals surface area (Å²) in [6, 6.07) is 23.4. The molecule has 0 amide bonds. The summed E-state index contributed by atoms with van der Waals surface area (Å²) in [5, 5.41) is 14.9. The van der Waals surface area contributed by atoms with Gasteiger partial charge in [-0.1, -0.05) is 117 Å². The molecule has 0 unspecified atom stereocenters. The fraction of sp³-hybridized carbons (Fsp3) is 0.440. The Bertz CT molecular complexity index is 2340. The van der Waals surface area contributed by atoms with Crippen molar-refractivity contribution in [3.8, 4) is 21.9 Å². The van der Waals surface area contributed by atoms with Gasteiger partial charge < -0.3 is 9.52 Å². The van der Waals surface area contributed by atoms with Crippen LogP contribution in [0.1, 0.15) is 124 Å². The first-order chi connectivity index (χ1) is 25.9. The van der Waals surface area contributed by atoms with Crippen molar-refractivity contribution < 1.29 is 34.4 Å². The van der Waals surface area contributed by atoms with Crippen molar-refractivity contribution in [1.29, 1.82) is 0 Å². The first-order valence-electron chi connectivity index (χ1n) is 20.2. The second kappa shape index (κ2) is 17.9. The number of hydrogen-bond acceptors (Lipinski definition) is 5. The Morgan fingerprint density at radius 2 is 1.52 bits per heavy atom. The maximum absolute atomic E-state index is 12.2. The molecule has 0 aliphatic carbocycles. The van der Waals surface area contributed by atoms with Gasteiger partial charge in [-0.2, -0.15) is 0 Å². The number of ketones is 1. The minimum atomic E-state index is -0.337. The van der Waals surface area contributed by atoms with E-state index in [1.807, 2.05) is 47.7 Å². The molecule has 0 aliphatic heterocycles. The molecule has 0 fully saturated rings. The predicted octanol–water partition coefficient (Wildman–Crippen LogP) is 15.1. The minimum Gasteiger partial charge on any atom is -0.512 e. The van der Waals surface area contributed by atoms with Crippen LogP contribution in [0.2, 0.25) is 0 Å². The molecule has 6 heteroatoms. The Labute approximate surface area is 353 Å². The van der Waals surface area contributed by atoms with Crippen LogP contribution in [-0.4, -0.2) is 15.9 Å². The second-order valence-corrected chi connectivity index (χ2v) is 18.4. The first-order valence-corrected chi connectivity index (χ1v) is 21.0. The van der Waals surface area contributed by atoms with E-state index in [-0.39, 0.29) is 47.9 Å². The smallest absolute Gasteiger partial charge is 0.164 e. The van der Waals surface area contributed by atoms with Crippen LogP contribution >= 0.6 is 11.3 Å². The summed E-state index contributed by atoms with van der Waals surface area (Å²) in [6.07, 6.45) is 7.74. The topological polar surface area (TPSA) is 63.3 Å². The van der Waals surface area contributed by atoms with Crippen molar-refractivity contribution in [2.24, 2.45) is 16.7 Å². The zero-order chi connectivity index (χ0) is 40.5. The van der Waals surface area contributed by atoms with Gasteiger partial charge in [-0.25, -0.2) is 0 Å². The van der Waals surface area contributed by atoms with Crippen molar-refractivity contribution in [3.05, 3.63) is 101 Å². The maximum atomic E-state index is 12.2. The molecule has 3 aromatic carbocycles. The summed E-state index contributed by atoms with van der Waals surface area (Å²) in [5.41, 5.74) is 7.49. The van der Waals surface area contributed by atoms with Crippen molar-refractivity contribution >= 4 is 48.9 Å². The standard InChI is InChI=1S/C35H34NOS.C15H28O2.Ir/c1-20(2)16-23-12-13-26-21(3)33(37-29(26)17-23)34-22(4)31-30(38-34)14-15-36-32(31)25-18-24-10-8-9-11-27(24)28(19-25)35(5,6)7;1-7-14(5,8-2)12(16)11-13(17)15(6,9-3)10-4;/h8-15,17,19-20H,16H2,1-7H3;11,16H,7-10H2,1-6H3;/q-1;;/b;12-11-;. The summed E-state index contributed by atoms with van der Waals surface area (Å²) in [6.45, 7) is 27.8. The molecule has 1 radical (unpaired) electrons. The molecule has 56 heavy (non-hydrogen) atoms. The van der Waals surface area contributed by atoms with Crippen molar-refractivity contribution in [2.45, 2.75) is 128 Å². The van der Waals surface area contributed by atoms with E-state index in [4.69, 9.17) is 9.40 Å². The first kappa shape index (κ1) is 45.1. The molecule has 0 spiro atoms. The van der Waals surface area contributed by atoms with Crippen molar-refractivity contribution in [3.63, 3.8) is 0 Å². The molecule has 0 atom stereocenters. The van der Waals surface area contributed by atoms with Crippen LogP contribution in [0.4, 0.5) is 0 Å². The monoisotopic (exact) mass is 949 g/mol. The largest absolute Gasteiger partial charge is 0.512 e. The van der Waals surface area contributed by atoms with Gasteiger partial charge in [-0.3, -0.25) is 9.78 Å². The van der Waals surface area contributed by atoms with E-state index in [1.54, 1.807) is 11.3 Å². The quantitative estimate of drug-likeness (QED) is 0.0798. The fourth-order valence-corrected chi connectivity index (χ4v) is 8.60. The van der Waals surface area contributed by atoms with Crippen molar-refractivity contribution in [2.75, 3.05) is 0 Å². The van der Waals surface area contributed by atoms with E-state index in [0.717, 1.165) is 60.1 Å². The molecule has 0 saturated heterocycles. The molecule has 0 saturated carbocycles. The normalized spacial score (nSPS) is 12.6. The summed E-state index contributed by atoms with van der Waals surface area (Å²) < 4.78 is 7.79. The number of rotatable bonds is 11. The number of thiophene rings is 1. The van der Waals surface area contributed by atoms with Crippen LogP contribution in [0.25, 0.3) is 53.7 Å². The van der Waals surface area contributed by atoms with Gasteiger partial charge >= 0.3 is 0 Å². The van der Waals surface area contributed by atoms with E-state index in [9.17, 15) is 9.90 Å². The Hall–Kier alpha value is -3.57. The SMILES string of the molecule is CCC(C)(CC)C(=O)/C=C(\O)C(C)(CC)CC.Cc1c(-c2sc3ccnc(-c4[c-]c5ccccc5c(C(C)(C)C)c4)c3c2C)oc2cc(CC(C)C)ccc12.[Ir]. The molecule has 0 bridgehead atoms. The van der Waals surface area contributed by atoms with Gasteiger partial charge in [0.05, 0.1) is 4.88 Å². The number of benzene rings is 3. The van der Waals surface area contributed by atoms with Gasteiger partial charge in [-0.15, -0.1) is 40.5 Å². The van der Waals surface area contributed by atoms with Gasteiger partial charge in [0.25, 0.3) is 0 Å². The molecule has 6 aromatic rings. The number of aromatic nitrogens is 1. The Balaban J connectivity index is 0.000000330. The number of aliphatic hydroxyl groups excluding tert-OH is 1. The van der Waals surface area contributed by atoms with E-state index < -0.39 is 0 Å². The third-order valence-electron chi connectivity index (χ3n) is 12.1. The third kappa shape index (κ3) is 9.09. The van der Waals surface area contributed by atoms with Crippen molar-refractivity contribution in [1.82, 2.24) is 4.98 Å². The molecule has 6 rings (SSSR count). The van der Waals surface area contributed by atoms with Crippen LogP contribution < -0.4 is 0 Å². The Kier molecular flexibility index (Phi) is 14.4.